The monoisotopic (exact) mass is 382 g/mol. The molecule has 0 saturated carbocycles. The van der Waals surface area contributed by atoms with Crippen LogP contribution >= 0.6 is 0 Å². The van der Waals surface area contributed by atoms with Gasteiger partial charge in [0.1, 0.15) is 11.5 Å². The molecule has 1 aliphatic rings. The maximum absolute atomic E-state index is 12.9. The summed E-state index contributed by atoms with van der Waals surface area (Å²) in [5.74, 6) is 1.09. The van der Waals surface area contributed by atoms with E-state index in [1.165, 1.54) is 0 Å². The summed E-state index contributed by atoms with van der Waals surface area (Å²) in [5, 5.41) is 2.57. The van der Waals surface area contributed by atoms with Gasteiger partial charge < -0.3 is 19.7 Å². The number of amides is 2. The Hall–Kier alpha value is -3.02. The maximum Gasteiger partial charge on any atom is 0.265 e. The number of nitrogens with zero attached hydrogens (tertiary/aromatic N) is 1. The number of nitrogens with one attached hydrogen (secondary N) is 1. The largest absolute Gasteiger partial charge is 0.483 e. The third kappa shape index (κ3) is 4.11. The molecule has 2 amide bonds. The standard InChI is InChI=1S/C22H26N2O4/c1-14(2)16-10-9-15(3)19(11-16)27-13-21(25)24-12-20(22(26)23-4)28-18-8-6-5-7-17(18)24/h5-11,14,20H,12-13H2,1-4H3,(H,23,26)/t20-/m1/s1. The van der Waals surface area contributed by atoms with Gasteiger partial charge in [-0.2, -0.15) is 0 Å². The Kier molecular flexibility index (Phi) is 5.87. The van der Waals surface area contributed by atoms with Crippen LogP contribution in [0.5, 0.6) is 11.5 Å². The number of likely N-dealkylation sites (N-methyl/N-ethyl adjacent to an activating group) is 1. The van der Waals surface area contributed by atoms with E-state index in [1.807, 2.05) is 31.2 Å². The van der Waals surface area contributed by atoms with E-state index < -0.39 is 6.10 Å². The highest BCUT2D eigenvalue weighted by atomic mass is 16.5. The molecule has 2 aromatic rings. The number of hydrogen-bond acceptors (Lipinski definition) is 4. The third-order valence-corrected chi connectivity index (χ3v) is 4.84. The van der Waals surface area contributed by atoms with Crippen LogP contribution in [0.25, 0.3) is 0 Å². The minimum absolute atomic E-state index is 0.114. The van der Waals surface area contributed by atoms with Crippen LogP contribution in [0.4, 0.5) is 5.69 Å². The van der Waals surface area contributed by atoms with Gasteiger partial charge in [0.2, 0.25) is 0 Å². The SMILES string of the molecule is CNC(=O)[C@H]1CN(C(=O)COc2cc(C(C)C)ccc2C)c2ccccc2O1. The number of ether oxygens (including phenoxy) is 2. The molecular formula is C22H26N2O4. The molecule has 0 spiro atoms. The molecule has 0 aromatic heterocycles. The highest BCUT2D eigenvalue weighted by molar-refractivity contribution is 5.98. The molecule has 1 atom stereocenters. The lowest BCUT2D eigenvalue weighted by Crippen LogP contribution is -2.51. The van der Waals surface area contributed by atoms with Crippen molar-refractivity contribution in [2.45, 2.75) is 32.8 Å². The van der Waals surface area contributed by atoms with E-state index in [0.29, 0.717) is 23.1 Å². The van der Waals surface area contributed by atoms with Gasteiger partial charge in [0.15, 0.2) is 12.7 Å². The van der Waals surface area contributed by atoms with Gasteiger partial charge in [0.25, 0.3) is 11.8 Å². The van der Waals surface area contributed by atoms with Crippen molar-refractivity contribution in [2.24, 2.45) is 0 Å². The van der Waals surface area contributed by atoms with Crippen LogP contribution in [0, 0.1) is 6.92 Å². The molecule has 1 aliphatic heterocycles. The number of hydrogen-bond donors (Lipinski definition) is 1. The molecule has 0 radical (unpaired) electrons. The first kappa shape index (κ1) is 19.7. The summed E-state index contributed by atoms with van der Waals surface area (Å²) >= 11 is 0. The fourth-order valence-electron chi connectivity index (χ4n) is 3.12. The van der Waals surface area contributed by atoms with Crippen LogP contribution < -0.4 is 19.7 Å². The summed E-state index contributed by atoms with van der Waals surface area (Å²) in [6, 6.07) is 13.3. The fraction of sp³-hybridized carbons (Fsp3) is 0.364. The van der Waals surface area contributed by atoms with Gasteiger partial charge in [-0.1, -0.05) is 38.1 Å². The second-order valence-electron chi connectivity index (χ2n) is 7.16. The highest BCUT2D eigenvalue weighted by Gasteiger charge is 2.33. The van der Waals surface area contributed by atoms with E-state index in [0.717, 1.165) is 11.1 Å². The number of carbonyl (C=O) groups excluding carboxylic acids is 2. The Balaban J connectivity index is 1.78. The highest BCUT2D eigenvalue weighted by Crippen LogP contribution is 2.33. The zero-order chi connectivity index (χ0) is 20.3. The van der Waals surface area contributed by atoms with Crippen LogP contribution in [0.2, 0.25) is 0 Å². The minimum Gasteiger partial charge on any atom is -0.483 e. The third-order valence-electron chi connectivity index (χ3n) is 4.84. The van der Waals surface area contributed by atoms with Crippen LogP contribution in [0.1, 0.15) is 30.9 Å². The van der Waals surface area contributed by atoms with Crippen molar-refractivity contribution >= 4 is 17.5 Å². The number of aryl methyl sites for hydroxylation is 1. The smallest absolute Gasteiger partial charge is 0.265 e. The molecule has 1 N–H and O–H groups in total. The molecule has 148 valence electrons. The average molecular weight is 382 g/mol. The first-order valence-corrected chi connectivity index (χ1v) is 9.41. The van der Waals surface area contributed by atoms with Crippen molar-refractivity contribution in [1.29, 1.82) is 0 Å². The number of carbonyl (C=O) groups is 2. The summed E-state index contributed by atoms with van der Waals surface area (Å²) in [5.41, 5.74) is 2.77. The van der Waals surface area contributed by atoms with Gasteiger partial charge >= 0.3 is 0 Å². The van der Waals surface area contributed by atoms with Gasteiger partial charge in [-0.3, -0.25) is 9.59 Å². The molecule has 28 heavy (non-hydrogen) atoms. The van der Waals surface area contributed by atoms with E-state index in [-0.39, 0.29) is 25.0 Å². The van der Waals surface area contributed by atoms with Crippen LogP contribution in [-0.4, -0.2) is 38.1 Å². The Morgan fingerprint density at radius 3 is 2.71 bits per heavy atom. The Morgan fingerprint density at radius 2 is 2.00 bits per heavy atom. The average Bonchev–Trinajstić information content (AvgIpc) is 2.71. The lowest BCUT2D eigenvalue weighted by molar-refractivity contribution is -0.128. The maximum atomic E-state index is 12.9. The van der Waals surface area contributed by atoms with E-state index in [2.05, 4.69) is 25.2 Å². The van der Waals surface area contributed by atoms with Crippen LogP contribution in [0.3, 0.4) is 0 Å². The fourth-order valence-corrected chi connectivity index (χ4v) is 3.12. The molecule has 0 aliphatic carbocycles. The van der Waals surface area contributed by atoms with E-state index in [1.54, 1.807) is 24.1 Å². The lowest BCUT2D eigenvalue weighted by atomic mass is 10.0. The quantitative estimate of drug-likeness (QED) is 0.863. The first-order chi connectivity index (χ1) is 13.4. The van der Waals surface area contributed by atoms with Gasteiger partial charge in [-0.25, -0.2) is 0 Å². The van der Waals surface area contributed by atoms with E-state index in [4.69, 9.17) is 9.47 Å². The number of rotatable bonds is 5. The van der Waals surface area contributed by atoms with Gasteiger partial charge in [0, 0.05) is 7.05 Å². The summed E-state index contributed by atoms with van der Waals surface area (Å²) < 4.78 is 11.6. The Labute approximate surface area is 165 Å². The molecule has 0 unspecified atom stereocenters. The second kappa shape index (κ2) is 8.33. The van der Waals surface area contributed by atoms with Gasteiger partial charge in [-0.15, -0.1) is 0 Å². The van der Waals surface area contributed by atoms with E-state index >= 15 is 0 Å². The zero-order valence-electron chi connectivity index (χ0n) is 16.7. The summed E-state index contributed by atoms with van der Waals surface area (Å²) in [6.07, 6.45) is -0.755. The van der Waals surface area contributed by atoms with Crippen LogP contribution in [0.15, 0.2) is 42.5 Å². The van der Waals surface area contributed by atoms with Crippen LogP contribution in [-0.2, 0) is 9.59 Å². The molecule has 0 fully saturated rings. The van der Waals surface area contributed by atoms with Crippen molar-refractivity contribution in [3.63, 3.8) is 0 Å². The number of fused-ring (bicyclic) bond motifs is 1. The van der Waals surface area contributed by atoms with Crippen molar-refractivity contribution in [3.05, 3.63) is 53.6 Å². The Morgan fingerprint density at radius 1 is 1.25 bits per heavy atom. The van der Waals surface area contributed by atoms with Gasteiger partial charge in [0.05, 0.1) is 12.2 Å². The minimum atomic E-state index is -0.755. The molecule has 3 rings (SSSR count). The van der Waals surface area contributed by atoms with E-state index in [9.17, 15) is 9.59 Å². The topological polar surface area (TPSA) is 67.9 Å². The van der Waals surface area contributed by atoms with Crippen molar-refractivity contribution in [2.75, 3.05) is 25.1 Å². The predicted molar refractivity (Wildman–Crippen MR) is 108 cm³/mol. The normalized spacial score (nSPS) is 15.6. The number of anilines is 1. The molecule has 6 heteroatoms. The first-order valence-electron chi connectivity index (χ1n) is 9.41. The molecule has 0 bridgehead atoms. The van der Waals surface area contributed by atoms with Crippen molar-refractivity contribution in [3.8, 4) is 11.5 Å². The Bertz CT molecular complexity index is 879. The molecular weight excluding hydrogens is 356 g/mol. The number of benzene rings is 2. The second-order valence-corrected chi connectivity index (χ2v) is 7.16. The summed E-state index contributed by atoms with van der Waals surface area (Å²) in [6.45, 7) is 6.21. The predicted octanol–water partition coefficient (Wildman–Crippen LogP) is 3.04. The van der Waals surface area contributed by atoms with Crippen molar-refractivity contribution in [1.82, 2.24) is 5.32 Å². The molecule has 1 heterocycles. The van der Waals surface area contributed by atoms with Gasteiger partial charge in [-0.05, 0) is 42.2 Å². The molecule has 2 aromatic carbocycles. The zero-order valence-corrected chi connectivity index (χ0v) is 16.7. The van der Waals surface area contributed by atoms with Crippen molar-refractivity contribution < 1.29 is 19.1 Å². The lowest BCUT2D eigenvalue weighted by Gasteiger charge is -2.34. The summed E-state index contributed by atoms with van der Waals surface area (Å²) in [7, 11) is 1.55. The number of para-hydroxylation sites is 2. The molecule has 0 saturated heterocycles. The molecule has 6 nitrogen and oxygen atoms in total. The summed E-state index contributed by atoms with van der Waals surface area (Å²) in [4.78, 5) is 26.6.